The van der Waals surface area contributed by atoms with Crippen molar-refractivity contribution in [3.63, 3.8) is 0 Å². The Morgan fingerprint density at radius 2 is 2.06 bits per heavy atom. The molecule has 16 heavy (non-hydrogen) atoms. The molecule has 1 rings (SSSR count). The van der Waals surface area contributed by atoms with Gasteiger partial charge < -0.3 is 20.3 Å². The van der Waals surface area contributed by atoms with Gasteiger partial charge >= 0.3 is 0 Å². The molecule has 1 unspecified atom stereocenters. The first kappa shape index (κ1) is 13.0. The van der Waals surface area contributed by atoms with E-state index in [1.165, 1.54) is 0 Å². The number of hydrogen-bond acceptors (Lipinski definition) is 4. The number of methoxy groups -OCH3 is 1. The molecule has 0 aliphatic rings. The number of ether oxygens (including phenoxy) is 1. The van der Waals surface area contributed by atoms with Gasteiger partial charge in [-0.25, -0.2) is 0 Å². The van der Waals surface area contributed by atoms with Crippen LogP contribution < -0.4 is 10.1 Å². The maximum atomic E-state index is 9.58. The van der Waals surface area contributed by atoms with E-state index in [4.69, 9.17) is 9.84 Å². The molecule has 1 atom stereocenters. The summed E-state index contributed by atoms with van der Waals surface area (Å²) >= 11 is 0. The number of nitrogens with one attached hydrogen (secondary N) is 1. The van der Waals surface area contributed by atoms with Gasteiger partial charge in [0, 0.05) is 18.7 Å². The van der Waals surface area contributed by atoms with Gasteiger partial charge in [0.05, 0.1) is 19.3 Å². The topological polar surface area (TPSA) is 61.7 Å². The molecule has 4 nitrogen and oxygen atoms in total. The minimum Gasteiger partial charge on any atom is -0.496 e. The SMILES string of the molecule is COc1ccccc1CNCC(C)(O)CO. The average Bonchev–Trinajstić information content (AvgIpc) is 2.29. The summed E-state index contributed by atoms with van der Waals surface area (Å²) in [7, 11) is 1.63. The summed E-state index contributed by atoms with van der Waals surface area (Å²) in [4.78, 5) is 0. The minimum absolute atomic E-state index is 0.258. The third-order valence-corrected chi connectivity index (χ3v) is 2.35. The van der Waals surface area contributed by atoms with Gasteiger partial charge in [0.2, 0.25) is 0 Å². The first-order chi connectivity index (χ1) is 7.59. The van der Waals surface area contributed by atoms with Crippen LogP contribution in [0.15, 0.2) is 24.3 Å². The summed E-state index contributed by atoms with van der Waals surface area (Å²) in [5, 5.41) is 21.5. The van der Waals surface area contributed by atoms with Crippen LogP contribution in [-0.2, 0) is 6.54 Å². The van der Waals surface area contributed by atoms with E-state index in [2.05, 4.69) is 5.32 Å². The molecule has 1 aromatic rings. The Hall–Kier alpha value is -1.10. The number of aliphatic hydroxyl groups excluding tert-OH is 1. The van der Waals surface area contributed by atoms with E-state index in [1.54, 1.807) is 14.0 Å². The number of benzene rings is 1. The molecule has 4 heteroatoms. The molecular formula is C12H19NO3. The summed E-state index contributed by atoms with van der Waals surface area (Å²) in [6, 6.07) is 7.69. The second kappa shape index (κ2) is 5.84. The minimum atomic E-state index is -1.08. The maximum absolute atomic E-state index is 9.58. The normalized spacial score (nSPS) is 14.5. The van der Waals surface area contributed by atoms with Gasteiger partial charge in [-0.05, 0) is 13.0 Å². The molecule has 0 saturated carbocycles. The van der Waals surface area contributed by atoms with Crippen molar-refractivity contribution >= 4 is 0 Å². The van der Waals surface area contributed by atoms with Crippen molar-refractivity contribution in [1.29, 1.82) is 0 Å². The summed E-state index contributed by atoms with van der Waals surface area (Å²) in [5.74, 6) is 0.818. The van der Waals surface area contributed by atoms with Crippen LogP contribution in [0.5, 0.6) is 5.75 Å². The van der Waals surface area contributed by atoms with Crippen molar-refractivity contribution in [2.45, 2.75) is 19.1 Å². The lowest BCUT2D eigenvalue weighted by molar-refractivity contribution is 0.00251. The van der Waals surface area contributed by atoms with E-state index < -0.39 is 5.60 Å². The molecule has 0 aromatic heterocycles. The van der Waals surface area contributed by atoms with Crippen LogP contribution in [-0.4, -0.2) is 36.1 Å². The van der Waals surface area contributed by atoms with Gasteiger partial charge in [-0.2, -0.15) is 0 Å². The van der Waals surface area contributed by atoms with Crippen molar-refractivity contribution in [1.82, 2.24) is 5.32 Å². The summed E-state index contributed by atoms with van der Waals surface area (Å²) < 4.78 is 5.20. The second-order valence-corrected chi connectivity index (χ2v) is 4.07. The Morgan fingerprint density at radius 1 is 1.38 bits per heavy atom. The fraction of sp³-hybridized carbons (Fsp3) is 0.500. The fourth-order valence-electron chi connectivity index (χ4n) is 1.37. The number of para-hydroxylation sites is 1. The van der Waals surface area contributed by atoms with Crippen LogP contribution in [0.25, 0.3) is 0 Å². The molecule has 0 heterocycles. The molecular weight excluding hydrogens is 206 g/mol. The van der Waals surface area contributed by atoms with Gasteiger partial charge in [-0.1, -0.05) is 18.2 Å². The Morgan fingerprint density at radius 3 is 2.69 bits per heavy atom. The van der Waals surface area contributed by atoms with Gasteiger partial charge in [0.15, 0.2) is 0 Å². The van der Waals surface area contributed by atoms with Crippen LogP contribution in [0.4, 0.5) is 0 Å². The van der Waals surface area contributed by atoms with E-state index in [0.29, 0.717) is 13.1 Å². The Balaban J connectivity index is 2.49. The molecule has 0 saturated heterocycles. The quantitative estimate of drug-likeness (QED) is 0.661. The van der Waals surface area contributed by atoms with Crippen LogP contribution >= 0.6 is 0 Å². The van der Waals surface area contributed by atoms with Gasteiger partial charge in [-0.3, -0.25) is 0 Å². The molecule has 90 valence electrons. The van der Waals surface area contributed by atoms with Gasteiger partial charge in [0.25, 0.3) is 0 Å². The highest BCUT2D eigenvalue weighted by Crippen LogP contribution is 2.16. The first-order valence-corrected chi connectivity index (χ1v) is 5.25. The summed E-state index contributed by atoms with van der Waals surface area (Å²) in [6.07, 6.45) is 0. The van der Waals surface area contributed by atoms with Crippen molar-refractivity contribution in [3.8, 4) is 5.75 Å². The fourth-order valence-corrected chi connectivity index (χ4v) is 1.37. The predicted octanol–water partition coefficient (Wildman–Crippen LogP) is 0.528. The molecule has 0 bridgehead atoms. The highest BCUT2D eigenvalue weighted by atomic mass is 16.5. The van der Waals surface area contributed by atoms with E-state index in [9.17, 15) is 5.11 Å². The van der Waals surface area contributed by atoms with Crippen molar-refractivity contribution < 1.29 is 14.9 Å². The highest BCUT2D eigenvalue weighted by molar-refractivity contribution is 5.32. The van der Waals surface area contributed by atoms with Crippen LogP contribution in [0.3, 0.4) is 0 Å². The molecule has 1 aromatic carbocycles. The van der Waals surface area contributed by atoms with E-state index in [-0.39, 0.29) is 6.61 Å². The lowest BCUT2D eigenvalue weighted by Crippen LogP contribution is -2.40. The van der Waals surface area contributed by atoms with E-state index in [0.717, 1.165) is 11.3 Å². The van der Waals surface area contributed by atoms with E-state index >= 15 is 0 Å². The van der Waals surface area contributed by atoms with Crippen LogP contribution in [0, 0.1) is 0 Å². The summed E-state index contributed by atoms with van der Waals surface area (Å²) in [6.45, 7) is 2.26. The van der Waals surface area contributed by atoms with Gasteiger partial charge in [0.1, 0.15) is 5.75 Å². The smallest absolute Gasteiger partial charge is 0.123 e. The zero-order valence-corrected chi connectivity index (χ0v) is 9.73. The largest absolute Gasteiger partial charge is 0.496 e. The molecule has 0 amide bonds. The second-order valence-electron chi connectivity index (χ2n) is 4.07. The molecule has 0 fully saturated rings. The molecule has 0 radical (unpaired) electrons. The Bertz CT molecular complexity index is 326. The molecule has 3 N–H and O–H groups in total. The Kier molecular flexibility index (Phi) is 4.73. The van der Waals surface area contributed by atoms with Crippen LogP contribution in [0.1, 0.15) is 12.5 Å². The standard InChI is InChI=1S/C12H19NO3/c1-12(15,9-14)8-13-7-10-5-3-4-6-11(10)16-2/h3-6,13-15H,7-9H2,1-2H3. The van der Waals surface area contributed by atoms with Crippen molar-refractivity contribution in [2.24, 2.45) is 0 Å². The van der Waals surface area contributed by atoms with Gasteiger partial charge in [-0.15, -0.1) is 0 Å². The first-order valence-electron chi connectivity index (χ1n) is 5.25. The number of rotatable bonds is 6. The third-order valence-electron chi connectivity index (χ3n) is 2.35. The van der Waals surface area contributed by atoms with Crippen LogP contribution in [0.2, 0.25) is 0 Å². The van der Waals surface area contributed by atoms with Crippen molar-refractivity contribution in [3.05, 3.63) is 29.8 Å². The predicted molar refractivity (Wildman–Crippen MR) is 62.4 cm³/mol. The lowest BCUT2D eigenvalue weighted by Gasteiger charge is -2.21. The molecule has 0 aliphatic heterocycles. The Labute approximate surface area is 95.9 Å². The third kappa shape index (κ3) is 3.81. The number of hydrogen-bond donors (Lipinski definition) is 3. The van der Waals surface area contributed by atoms with Crippen molar-refractivity contribution in [2.75, 3.05) is 20.3 Å². The zero-order chi connectivity index (χ0) is 12.0. The lowest BCUT2D eigenvalue weighted by atomic mass is 10.1. The number of aliphatic hydroxyl groups is 2. The van der Waals surface area contributed by atoms with E-state index in [1.807, 2.05) is 24.3 Å². The monoisotopic (exact) mass is 225 g/mol. The maximum Gasteiger partial charge on any atom is 0.123 e. The molecule has 0 spiro atoms. The zero-order valence-electron chi connectivity index (χ0n) is 9.73. The highest BCUT2D eigenvalue weighted by Gasteiger charge is 2.17. The average molecular weight is 225 g/mol. The molecule has 0 aliphatic carbocycles. The summed E-state index contributed by atoms with van der Waals surface area (Å²) in [5.41, 5.74) is -0.0547.